The summed E-state index contributed by atoms with van der Waals surface area (Å²) in [6.45, 7) is 0.118. The largest absolute Gasteiger partial charge is 0.396 e. The molecule has 4 heteroatoms. The Bertz CT molecular complexity index is 354. The van der Waals surface area contributed by atoms with E-state index < -0.39 is 0 Å². The van der Waals surface area contributed by atoms with Gasteiger partial charge < -0.3 is 10.2 Å². The number of hydrogen-bond donors (Lipinski definition) is 2. The summed E-state index contributed by atoms with van der Waals surface area (Å²) in [4.78, 5) is 1.16. The molecule has 2 nitrogen and oxygen atoms in total. The van der Waals surface area contributed by atoms with Gasteiger partial charge in [-0.15, -0.1) is 11.3 Å². The Morgan fingerprint density at radius 2 is 1.88 bits per heavy atom. The van der Waals surface area contributed by atoms with Crippen LogP contribution in [0.4, 0.5) is 0 Å². The number of aliphatic hydroxyl groups is 2. The van der Waals surface area contributed by atoms with Crippen LogP contribution in [0.3, 0.4) is 0 Å². The lowest BCUT2D eigenvalue weighted by Gasteiger charge is -2.35. The highest BCUT2D eigenvalue weighted by molar-refractivity contribution is 7.16. The number of hydrogen-bond acceptors (Lipinski definition) is 3. The second-order valence-electron chi connectivity index (χ2n) is 5.04. The molecule has 2 rings (SSSR count). The molecule has 0 amide bonds. The fraction of sp³-hybridized carbons (Fsp3) is 0.692. The third-order valence-corrected chi connectivity index (χ3v) is 5.24. The summed E-state index contributed by atoms with van der Waals surface area (Å²) in [6.07, 6.45) is 5.43. The van der Waals surface area contributed by atoms with E-state index in [0.29, 0.717) is 5.92 Å². The molecule has 96 valence electrons. The second-order valence-corrected chi connectivity index (χ2v) is 6.84. The summed E-state index contributed by atoms with van der Waals surface area (Å²) in [5.41, 5.74) is -0.356. The normalized spacial score (nSPS) is 17.8. The van der Waals surface area contributed by atoms with Crippen LogP contribution in [0.5, 0.6) is 0 Å². The molecule has 0 spiro atoms. The Morgan fingerprint density at radius 3 is 2.35 bits per heavy atom. The van der Waals surface area contributed by atoms with Gasteiger partial charge in [0.2, 0.25) is 0 Å². The summed E-state index contributed by atoms with van der Waals surface area (Å²) in [6, 6.07) is 3.89. The molecule has 1 fully saturated rings. The van der Waals surface area contributed by atoms with E-state index in [1.165, 1.54) is 12.8 Å². The van der Waals surface area contributed by atoms with Crippen LogP contribution in [0.15, 0.2) is 12.1 Å². The fourth-order valence-corrected chi connectivity index (χ4v) is 4.14. The molecule has 0 radical (unpaired) electrons. The predicted octanol–water partition coefficient (Wildman–Crippen LogP) is 3.11. The zero-order chi connectivity index (χ0) is 12.3. The van der Waals surface area contributed by atoms with Gasteiger partial charge in [-0.3, -0.25) is 0 Å². The van der Waals surface area contributed by atoms with Crippen molar-refractivity contribution in [2.24, 2.45) is 11.3 Å². The van der Waals surface area contributed by atoms with Crippen LogP contribution in [-0.4, -0.2) is 23.4 Å². The summed E-state index contributed by atoms with van der Waals surface area (Å²) in [7, 11) is 0. The van der Waals surface area contributed by atoms with E-state index in [1.807, 2.05) is 12.1 Å². The van der Waals surface area contributed by atoms with Crippen LogP contribution in [0.25, 0.3) is 0 Å². The molecule has 1 aromatic rings. The molecule has 0 atom stereocenters. The quantitative estimate of drug-likeness (QED) is 0.866. The maximum atomic E-state index is 9.72. The smallest absolute Gasteiger partial charge is 0.0931 e. The van der Waals surface area contributed by atoms with Crippen LogP contribution in [0, 0.1) is 11.3 Å². The Hall–Kier alpha value is -0.0900. The Labute approximate surface area is 111 Å². The van der Waals surface area contributed by atoms with Gasteiger partial charge in [0.15, 0.2) is 0 Å². The van der Waals surface area contributed by atoms with Gasteiger partial charge in [-0.25, -0.2) is 0 Å². The van der Waals surface area contributed by atoms with Crippen molar-refractivity contribution in [3.05, 3.63) is 21.3 Å². The van der Waals surface area contributed by atoms with Crippen molar-refractivity contribution in [1.82, 2.24) is 0 Å². The van der Waals surface area contributed by atoms with Crippen LogP contribution in [0.2, 0.25) is 4.34 Å². The van der Waals surface area contributed by atoms with Gasteiger partial charge in [0.25, 0.3) is 0 Å². The van der Waals surface area contributed by atoms with Gasteiger partial charge >= 0.3 is 0 Å². The molecule has 1 aromatic heterocycles. The molecule has 0 saturated heterocycles. The van der Waals surface area contributed by atoms with Crippen molar-refractivity contribution in [3.63, 3.8) is 0 Å². The molecule has 0 unspecified atom stereocenters. The number of thiophene rings is 1. The topological polar surface area (TPSA) is 40.5 Å². The Balaban J connectivity index is 2.15. The van der Waals surface area contributed by atoms with E-state index in [-0.39, 0.29) is 18.6 Å². The minimum Gasteiger partial charge on any atom is -0.396 e. The van der Waals surface area contributed by atoms with E-state index in [9.17, 15) is 10.2 Å². The molecule has 2 N–H and O–H groups in total. The first-order valence-electron chi connectivity index (χ1n) is 6.16. The lowest BCUT2D eigenvalue weighted by atomic mass is 9.72. The van der Waals surface area contributed by atoms with Gasteiger partial charge in [-0.1, -0.05) is 24.4 Å². The molecule has 1 aliphatic carbocycles. The monoisotopic (exact) mass is 274 g/mol. The first-order valence-corrected chi connectivity index (χ1v) is 7.35. The molecular weight excluding hydrogens is 256 g/mol. The maximum absolute atomic E-state index is 9.72. The fourth-order valence-electron chi connectivity index (χ4n) is 2.90. The first-order chi connectivity index (χ1) is 8.20. The third kappa shape index (κ3) is 2.84. The van der Waals surface area contributed by atoms with Gasteiger partial charge in [0.1, 0.15) is 0 Å². The average Bonchev–Trinajstić information content (AvgIpc) is 2.98. The van der Waals surface area contributed by atoms with Crippen LogP contribution < -0.4 is 0 Å². The van der Waals surface area contributed by atoms with Gasteiger partial charge in [0, 0.05) is 10.3 Å². The standard InChI is InChI=1S/C13H19ClO2S/c14-12-6-5-11(17-12)7-13(8-15,9-16)10-3-1-2-4-10/h5-6,10,15-16H,1-4,7-9H2. The summed E-state index contributed by atoms with van der Waals surface area (Å²) in [5, 5.41) is 19.4. The molecular formula is C13H19ClO2S. The van der Waals surface area contributed by atoms with E-state index in [0.717, 1.165) is 28.5 Å². The zero-order valence-corrected chi connectivity index (χ0v) is 11.4. The highest BCUT2D eigenvalue weighted by Crippen LogP contribution is 2.43. The summed E-state index contributed by atoms with van der Waals surface area (Å²) < 4.78 is 0.774. The van der Waals surface area contributed by atoms with E-state index in [1.54, 1.807) is 11.3 Å². The number of aliphatic hydroxyl groups excluding tert-OH is 2. The summed E-state index contributed by atoms with van der Waals surface area (Å²) in [5.74, 6) is 0.443. The van der Waals surface area contributed by atoms with Crippen molar-refractivity contribution in [3.8, 4) is 0 Å². The van der Waals surface area contributed by atoms with Crippen LogP contribution in [-0.2, 0) is 6.42 Å². The molecule has 1 aliphatic rings. The van der Waals surface area contributed by atoms with Crippen LogP contribution in [0.1, 0.15) is 30.6 Å². The summed E-state index contributed by atoms with van der Waals surface area (Å²) >= 11 is 7.48. The van der Waals surface area contributed by atoms with Crippen molar-refractivity contribution in [2.75, 3.05) is 13.2 Å². The van der Waals surface area contributed by atoms with Crippen molar-refractivity contribution < 1.29 is 10.2 Å². The van der Waals surface area contributed by atoms with Crippen molar-refractivity contribution >= 4 is 22.9 Å². The van der Waals surface area contributed by atoms with Crippen molar-refractivity contribution in [2.45, 2.75) is 32.1 Å². The Kier molecular flexibility index (Phi) is 4.47. The SMILES string of the molecule is OCC(CO)(Cc1ccc(Cl)s1)C1CCCC1. The molecule has 1 heterocycles. The zero-order valence-electron chi connectivity index (χ0n) is 9.86. The molecule has 0 bridgehead atoms. The second kappa shape index (κ2) is 5.70. The van der Waals surface area contributed by atoms with E-state index in [4.69, 9.17) is 11.6 Å². The number of halogens is 1. The maximum Gasteiger partial charge on any atom is 0.0931 e. The average molecular weight is 275 g/mol. The minimum absolute atomic E-state index is 0.0592. The van der Waals surface area contributed by atoms with Gasteiger partial charge in [-0.2, -0.15) is 0 Å². The molecule has 17 heavy (non-hydrogen) atoms. The lowest BCUT2D eigenvalue weighted by Crippen LogP contribution is -2.38. The minimum atomic E-state index is -0.356. The van der Waals surface area contributed by atoms with E-state index in [2.05, 4.69) is 0 Å². The lowest BCUT2D eigenvalue weighted by molar-refractivity contribution is 0.00633. The molecule has 0 aromatic carbocycles. The highest BCUT2D eigenvalue weighted by Gasteiger charge is 2.39. The van der Waals surface area contributed by atoms with Crippen molar-refractivity contribution in [1.29, 1.82) is 0 Å². The first kappa shape index (κ1) is 13.3. The molecule has 1 saturated carbocycles. The van der Waals surface area contributed by atoms with Gasteiger partial charge in [0.05, 0.1) is 17.6 Å². The third-order valence-electron chi connectivity index (χ3n) is 4.01. The van der Waals surface area contributed by atoms with Gasteiger partial charge in [-0.05, 0) is 37.3 Å². The Morgan fingerprint density at radius 1 is 1.24 bits per heavy atom. The number of rotatable bonds is 5. The highest BCUT2D eigenvalue weighted by atomic mass is 35.5. The predicted molar refractivity (Wildman–Crippen MR) is 71.6 cm³/mol. The molecule has 0 aliphatic heterocycles. The van der Waals surface area contributed by atoms with E-state index >= 15 is 0 Å². The van der Waals surface area contributed by atoms with Crippen LogP contribution >= 0.6 is 22.9 Å².